The first-order valence-electron chi connectivity index (χ1n) is 6.24. The van der Waals surface area contributed by atoms with Gasteiger partial charge in [-0.2, -0.15) is 0 Å². The Kier molecular flexibility index (Phi) is 2.75. The highest BCUT2D eigenvalue weighted by atomic mass is 16.2. The molecule has 0 spiro atoms. The largest absolute Gasteiger partial charge is 0.398 e. The monoisotopic (exact) mass is 267 g/mol. The highest BCUT2D eigenvalue weighted by Crippen LogP contribution is 2.28. The fourth-order valence-electron chi connectivity index (χ4n) is 2.35. The number of hydrogen-bond acceptors (Lipinski definition) is 4. The van der Waals surface area contributed by atoms with E-state index in [2.05, 4.69) is 4.98 Å². The number of carbonyl (C=O) groups excluding carboxylic acids is 2. The third-order valence-corrected chi connectivity index (χ3v) is 3.50. The maximum atomic E-state index is 12.4. The summed E-state index contributed by atoms with van der Waals surface area (Å²) in [6.07, 6.45) is 3.36. The molecule has 1 aliphatic heterocycles. The summed E-state index contributed by atoms with van der Waals surface area (Å²) in [5, 5.41) is 0. The van der Waals surface area contributed by atoms with Crippen LogP contribution < -0.4 is 5.73 Å². The third-order valence-electron chi connectivity index (χ3n) is 3.50. The van der Waals surface area contributed by atoms with E-state index >= 15 is 0 Å². The molecule has 1 aromatic heterocycles. The molecule has 5 nitrogen and oxygen atoms in total. The van der Waals surface area contributed by atoms with Crippen molar-refractivity contribution in [1.82, 2.24) is 9.88 Å². The van der Waals surface area contributed by atoms with Gasteiger partial charge in [0.15, 0.2) is 0 Å². The Bertz CT molecular complexity index is 725. The normalized spacial score (nSPS) is 13.8. The first-order valence-corrected chi connectivity index (χ1v) is 6.24. The van der Waals surface area contributed by atoms with E-state index in [1.807, 2.05) is 13.0 Å². The SMILES string of the molecule is Cc1cnccc1CN1C(=O)c2cccc(N)c2C1=O. The Hall–Kier alpha value is -2.69. The van der Waals surface area contributed by atoms with E-state index < -0.39 is 0 Å². The standard InChI is InChI=1S/C15H13N3O2/c1-9-7-17-6-5-10(9)8-18-14(19)11-3-2-4-12(16)13(11)15(18)20/h2-7H,8,16H2,1H3. The molecule has 2 aromatic rings. The number of aryl methyl sites for hydroxylation is 1. The molecular formula is C15H13N3O2. The summed E-state index contributed by atoms with van der Waals surface area (Å²) >= 11 is 0. The number of nitrogens with zero attached hydrogens (tertiary/aromatic N) is 2. The zero-order valence-electron chi connectivity index (χ0n) is 11.0. The van der Waals surface area contributed by atoms with Gasteiger partial charge in [-0.1, -0.05) is 6.07 Å². The van der Waals surface area contributed by atoms with E-state index in [9.17, 15) is 9.59 Å². The fraction of sp³-hybridized carbons (Fsp3) is 0.133. The second-order valence-electron chi connectivity index (χ2n) is 4.77. The van der Waals surface area contributed by atoms with Gasteiger partial charge >= 0.3 is 0 Å². The van der Waals surface area contributed by atoms with Gasteiger partial charge in [-0.3, -0.25) is 19.5 Å². The number of aromatic nitrogens is 1. The van der Waals surface area contributed by atoms with Gasteiger partial charge in [-0.25, -0.2) is 0 Å². The number of rotatable bonds is 2. The van der Waals surface area contributed by atoms with Crippen LogP contribution in [0.15, 0.2) is 36.7 Å². The first kappa shape index (κ1) is 12.3. The number of hydrogen-bond donors (Lipinski definition) is 1. The van der Waals surface area contributed by atoms with Gasteiger partial charge in [0.1, 0.15) is 0 Å². The molecule has 5 heteroatoms. The van der Waals surface area contributed by atoms with Crippen molar-refractivity contribution in [2.45, 2.75) is 13.5 Å². The van der Waals surface area contributed by atoms with E-state index in [4.69, 9.17) is 5.73 Å². The topological polar surface area (TPSA) is 76.3 Å². The van der Waals surface area contributed by atoms with Crippen molar-refractivity contribution in [3.8, 4) is 0 Å². The molecule has 2 N–H and O–H groups in total. The van der Waals surface area contributed by atoms with Gasteiger partial charge in [0.05, 0.1) is 17.7 Å². The minimum Gasteiger partial charge on any atom is -0.398 e. The van der Waals surface area contributed by atoms with Crippen LogP contribution in [-0.4, -0.2) is 21.7 Å². The maximum absolute atomic E-state index is 12.4. The highest BCUT2D eigenvalue weighted by molar-refractivity contribution is 6.23. The molecule has 3 rings (SSSR count). The number of imide groups is 1. The van der Waals surface area contributed by atoms with Gasteiger partial charge in [-0.05, 0) is 36.2 Å². The Balaban J connectivity index is 1.99. The Morgan fingerprint density at radius 1 is 1.20 bits per heavy atom. The lowest BCUT2D eigenvalue weighted by Gasteiger charge is -2.15. The number of fused-ring (bicyclic) bond motifs is 1. The second-order valence-corrected chi connectivity index (χ2v) is 4.77. The van der Waals surface area contributed by atoms with Gasteiger partial charge in [0.25, 0.3) is 11.8 Å². The van der Waals surface area contributed by atoms with E-state index in [-0.39, 0.29) is 18.4 Å². The molecule has 0 fully saturated rings. The molecule has 20 heavy (non-hydrogen) atoms. The molecular weight excluding hydrogens is 254 g/mol. The zero-order valence-corrected chi connectivity index (χ0v) is 11.0. The van der Waals surface area contributed by atoms with Crippen molar-refractivity contribution < 1.29 is 9.59 Å². The van der Waals surface area contributed by atoms with E-state index in [1.54, 1.807) is 30.6 Å². The number of benzene rings is 1. The van der Waals surface area contributed by atoms with Gasteiger partial charge in [0.2, 0.25) is 0 Å². The molecule has 2 heterocycles. The van der Waals surface area contributed by atoms with Crippen molar-refractivity contribution in [3.05, 3.63) is 58.9 Å². The highest BCUT2D eigenvalue weighted by Gasteiger charge is 2.36. The summed E-state index contributed by atoms with van der Waals surface area (Å²) in [4.78, 5) is 29.9. The Morgan fingerprint density at radius 2 is 2.00 bits per heavy atom. The third kappa shape index (κ3) is 1.75. The summed E-state index contributed by atoms with van der Waals surface area (Å²) in [7, 11) is 0. The molecule has 0 saturated heterocycles. The molecule has 100 valence electrons. The number of amides is 2. The van der Waals surface area contributed by atoms with Crippen molar-refractivity contribution in [2.24, 2.45) is 0 Å². The summed E-state index contributed by atoms with van der Waals surface area (Å²) in [5.74, 6) is -0.632. The van der Waals surface area contributed by atoms with Crippen molar-refractivity contribution in [3.63, 3.8) is 0 Å². The van der Waals surface area contributed by atoms with Crippen LogP contribution in [0.1, 0.15) is 31.8 Å². The molecule has 0 saturated carbocycles. The van der Waals surface area contributed by atoms with E-state index in [0.717, 1.165) is 11.1 Å². The van der Waals surface area contributed by atoms with Crippen LogP contribution in [-0.2, 0) is 6.54 Å². The number of anilines is 1. The molecule has 1 aliphatic rings. The lowest BCUT2D eigenvalue weighted by Crippen LogP contribution is -2.29. The summed E-state index contributed by atoms with van der Waals surface area (Å²) in [5.41, 5.74) is 8.67. The van der Waals surface area contributed by atoms with E-state index in [0.29, 0.717) is 16.8 Å². The van der Waals surface area contributed by atoms with Crippen LogP contribution in [0, 0.1) is 6.92 Å². The van der Waals surface area contributed by atoms with Crippen LogP contribution in [0.5, 0.6) is 0 Å². The number of carbonyl (C=O) groups is 2. The average Bonchev–Trinajstić information content (AvgIpc) is 2.67. The molecule has 0 radical (unpaired) electrons. The van der Waals surface area contributed by atoms with Crippen molar-refractivity contribution >= 4 is 17.5 Å². The van der Waals surface area contributed by atoms with Crippen LogP contribution >= 0.6 is 0 Å². The Labute approximate surface area is 116 Å². The smallest absolute Gasteiger partial charge is 0.263 e. The quantitative estimate of drug-likeness (QED) is 0.664. The molecule has 0 unspecified atom stereocenters. The van der Waals surface area contributed by atoms with Crippen molar-refractivity contribution in [1.29, 1.82) is 0 Å². The zero-order chi connectivity index (χ0) is 14.3. The van der Waals surface area contributed by atoms with Crippen LogP contribution in [0.4, 0.5) is 5.69 Å². The average molecular weight is 267 g/mol. The minimum absolute atomic E-state index is 0.236. The summed E-state index contributed by atoms with van der Waals surface area (Å²) in [6.45, 7) is 2.13. The van der Waals surface area contributed by atoms with Crippen LogP contribution in [0.25, 0.3) is 0 Å². The van der Waals surface area contributed by atoms with Crippen LogP contribution in [0.3, 0.4) is 0 Å². The molecule has 0 aliphatic carbocycles. The van der Waals surface area contributed by atoms with E-state index in [1.165, 1.54) is 4.90 Å². The molecule has 0 atom stereocenters. The van der Waals surface area contributed by atoms with Gasteiger partial charge in [-0.15, -0.1) is 0 Å². The second kappa shape index (κ2) is 4.45. The van der Waals surface area contributed by atoms with Gasteiger partial charge < -0.3 is 5.73 Å². The number of pyridine rings is 1. The molecule has 0 bridgehead atoms. The maximum Gasteiger partial charge on any atom is 0.263 e. The number of nitrogen functional groups attached to an aromatic ring is 1. The van der Waals surface area contributed by atoms with Gasteiger partial charge in [0, 0.05) is 18.1 Å². The summed E-state index contributed by atoms with van der Waals surface area (Å²) < 4.78 is 0. The Morgan fingerprint density at radius 3 is 2.70 bits per heavy atom. The van der Waals surface area contributed by atoms with Crippen molar-refractivity contribution in [2.75, 3.05) is 5.73 Å². The minimum atomic E-state index is -0.334. The fourth-order valence-corrected chi connectivity index (χ4v) is 2.35. The molecule has 2 amide bonds. The molecule has 1 aromatic carbocycles. The van der Waals surface area contributed by atoms with Crippen LogP contribution in [0.2, 0.25) is 0 Å². The summed E-state index contributed by atoms with van der Waals surface area (Å²) in [6, 6.07) is 6.75. The lowest BCUT2D eigenvalue weighted by molar-refractivity contribution is 0.0642. The lowest BCUT2D eigenvalue weighted by atomic mass is 10.1. The number of nitrogens with two attached hydrogens (primary N) is 1. The first-order chi connectivity index (χ1) is 9.59. The predicted molar refractivity (Wildman–Crippen MR) is 74.0 cm³/mol. The predicted octanol–water partition coefficient (Wildman–Crippen LogP) is 1.77.